The molecule has 1 aromatic rings. The fraction of sp³-hybridized carbons (Fsp3) is 0.611. The van der Waals surface area contributed by atoms with Gasteiger partial charge in [0.05, 0.1) is 0 Å². The first-order chi connectivity index (χ1) is 8.77. The summed E-state index contributed by atoms with van der Waals surface area (Å²) in [6, 6.07) is 8.63. The van der Waals surface area contributed by atoms with Crippen LogP contribution >= 0.6 is 0 Å². The third-order valence-electron chi connectivity index (χ3n) is 3.91. The van der Waals surface area contributed by atoms with E-state index < -0.39 is 0 Å². The number of rotatable bonds is 6. The molecule has 0 aliphatic carbocycles. The van der Waals surface area contributed by atoms with Crippen LogP contribution in [-0.4, -0.2) is 6.29 Å². The van der Waals surface area contributed by atoms with E-state index in [-0.39, 0.29) is 5.41 Å². The first-order valence-corrected chi connectivity index (χ1v) is 7.34. The highest BCUT2D eigenvalue weighted by atomic mass is 16.1. The average Bonchev–Trinajstić information content (AvgIpc) is 2.35. The van der Waals surface area contributed by atoms with Gasteiger partial charge in [0.15, 0.2) is 0 Å². The summed E-state index contributed by atoms with van der Waals surface area (Å²) < 4.78 is 0. The molecule has 0 aliphatic heterocycles. The van der Waals surface area contributed by atoms with E-state index in [0.717, 1.165) is 11.8 Å². The highest BCUT2D eigenvalue weighted by Gasteiger charge is 2.21. The molecule has 1 rings (SSSR count). The number of hydrogen-bond donors (Lipinski definition) is 0. The van der Waals surface area contributed by atoms with Gasteiger partial charge >= 0.3 is 0 Å². The van der Waals surface area contributed by atoms with Gasteiger partial charge < -0.3 is 4.79 Å². The Morgan fingerprint density at radius 2 is 1.58 bits per heavy atom. The Hall–Kier alpha value is -1.11. The average molecular weight is 260 g/mol. The zero-order valence-electron chi connectivity index (χ0n) is 13.2. The fourth-order valence-electron chi connectivity index (χ4n) is 2.53. The minimum absolute atomic E-state index is 0.385. The van der Waals surface area contributed by atoms with E-state index in [9.17, 15) is 4.79 Å². The number of benzene rings is 1. The predicted octanol–water partition coefficient (Wildman–Crippen LogP) is 4.95. The minimum Gasteiger partial charge on any atom is -0.302 e. The predicted molar refractivity (Wildman–Crippen MR) is 82.6 cm³/mol. The molecule has 0 amide bonds. The molecule has 1 aromatic carbocycles. The van der Waals surface area contributed by atoms with Crippen molar-refractivity contribution in [3.05, 3.63) is 35.4 Å². The first kappa shape index (κ1) is 15.9. The molecule has 0 aliphatic rings. The second-order valence-electron chi connectivity index (χ2n) is 6.94. The molecule has 19 heavy (non-hydrogen) atoms. The summed E-state index contributed by atoms with van der Waals surface area (Å²) in [5.74, 6) is 1.96. The molecule has 1 atom stereocenters. The Kier molecular flexibility index (Phi) is 5.34. The second-order valence-corrected chi connectivity index (χ2v) is 6.94. The molecule has 106 valence electrons. The van der Waals surface area contributed by atoms with Crippen LogP contribution < -0.4 is 0 Å². The molecule has 0 saturated carbocycles. The number of hydrogen-bond acceptors (Lipinski definition) is 1. The summed E-state index contributed by atoms with van der Waals surface area (Å²) >= 11 is 0. The summed E-state index contributed by atoms with van der Waals surface area (Å²) in [4.78, 5) is 11.1. The van der Waals surface area contributed by atoms with E-state index >= 15 is 0 Å². The van der Waals surface area contributed by atoms with Crippen molar-refractivity contribution in [1.82, 2.24) is 0 Å². The molecule has 0 radical (unpaired) electrons. The summed E-state index contributed by atoms with van der Waals surface area (Å²) in [7, 11) is 0. The fourth-order valence-corrected chi connectivity index (χ4v) is 2.53. The number of carbonyl (C=O) groups excluding carboxylic acids is 1. The molecule has 0 bridgehead atoms. The number of aldehydes is 1. The third-order valence-corrected chi connectivity index (χ3v) is 3.91. The van der Waals surface area contributed by atoms with Crippen LogP contribution in [0.25, 0.3) is 0 Å². The van der Waals surface area contributed by atoms with Crippen LogP contribution in [0.4, 0.5) is 0 Å². The number of carbonyl (C=O) groups is 1. The van der Waals surface area contributed by atoms with Crippen molar-refractivity contribution in [2.45, 2.75) is 59.3 Å². The normalized spacial score (nSPS) is 13.9. The highest BCUT2D eigenvalue weighted by Crippen LogP contribution is 2.32. The molecule has 0 aromatic heterocycles. The summed E-state index contributed by atoms with van der Waals surface area (Å²) in [6.07, 6.45) is 2.24. The van der Waals surface area contributed by atoms with Crippen LogP contribution in [-0.2, 0) is 10.2 Å². The lowest BCUT2D eigenvalue weighted by molar-refractivity contribution is -0.111. The molecule has 0 saturated heterocycles. The van der Waals surface area contributed by atoms with E-state index in [1.807, 2.05) is 13.8 Å². The monoisotopic (exact) mass is 260 g/mol. The van der Waals surface area contributed by atoms with Crippen molar-refractivity contribution in [2.24, 2.45) is 11.8 Å². The van der Waals surface area contributed by atoms with Gasteiger partial charge in [-0.1, -0.05) is 52.0 Å². The summed E-state index contributed by atoms with van der Waals surface area (Å²) in [5, 5.41) is 0. The Morgan fingerprint density at radius 3 is 1.95 bits per heavy atom. The molecule has 0 fully saturated rings. The van der Waals surface area contributed by atoms with Crippen LogP contribution in [0.1, 0.15) is 65.0 Å². The quantitative estimate of drug-likeness (QED) is 0.661. The molecule has 0 N–H and O–H groups in total. The molecule has 1 unspecified atom stereocenters. The van der Waals surface area contributed by atoms with E-state index in [4.69, 9.17) is 0 Å². The summed E-state index contributed by atoms with van der Waals surface area (Å²) in [6.45, 7) is 13.1. The maximum atomic E-state index is 11.1. The SMILES string of the molecule is CC(C)CC(c1ccc(C(C)(C)C=O)cc1)C(C)C. The van der Waals surface area contributed by atoms with Crippen molar-refractivity contribution in [3.63, 3.8) is 0 Å². The van der Waals surface area contributed by atoms with Gasteiger partial charge in [-0.25, -0.2) is 0 Å². The zero-order valence-corrected chi connectivity index (χ0v) is 13.2. The van der Waals surface area contributed by atoms with Gasteiger partial charge in [0.1, 0.15) is 6.29 Å². The molecule has 1 heteroatoms. The topological polar surface area (TPSA) is 17.1 Å². The van der Waals surface area contributed by atoms with Gasteiger partial charge in [0.2, 0.25) is 0 Å². The smallest absolute Gasteiger partial charge is 0.129 e. The lowest BCUT2D eigenvalue weighted by Crippen LogP contribution is -2.18. The van der Waals surface area contributed by atoms with Gasteiger partial charge in [-0.2, -0.15) is 0 Å². The molecule has 0 heterocycles. The largest absolute Gasteiger partial charge is 0.302 e. The van der Waals surface area contributed by atoms with Crippen LogP contribution in [0.5, 0.6) is 0 Å². The lowest BCUT2D eigenvalue weighted by Gasteiger charge is -2.25. The van der Waals surface area contributed by atoms with E-state index in [2.05, 4.69) is 52.0 Å². The van der Waals surface area contributed by atoms with Gasteiger partial charge in [-0.05, 0) is 49.1 Å². The maximum Gasteiger partial charge on any atom is 0.129 e. The van der Waals surface area contributed by atoms with Crippen LogP contribution in [0.3, 0.4) is 0 Å². The van der Waals surface area contributed by atoms with Crippen LogP contribution in [0.15, 0.2) is 24.3 Å². The highest BCUT2D eigenvalue weighted by molar-refractivity contribution is 5.67. The third kappa shape index (κ3) is 4.19. The second kappa shape index (κ2) is 6.36. The Morgan fingerprint density at radius 1 is 1.05 bits per heavy atom. The zero-order chi connectivity index (χ0) is 14.6. The van der Waals surface area contributed by atoms with Crippen molar-refractivity contribution in [2.75, 3.05) is 0 Å². The van der Waals surface area contributed by atoms with Crippen LogP contribution in [0.2, 0.25) is 0 Å². The molecular weight excluding hydrogens is 232 g/mol. The molecule has 0 spiro atoms. The Bertz CT molecular complexity index is 398. The van der Waals surface area contributed by atoms with Crippen molar-refractivity contribution in [1.29, 1.82) is 0 Å². The van der Waals surface area contributed by atoms with E-state index in [1.54, 1.807) is 0 Å². The van der Waals surface area contributed by atoms with Crippen molar-refractivity contribution >= 4 is 6.29 Å². The maximum absolute atomic E-state index is 11.1. The van der Waals surface area contributed by atoms with E-state index in [0.29, 0.717) is 17.8 Å². The van der Waals surface area contributed by atoms with Crippen molar-refractivity contribution < 1.29 is 4.79 Å². The van der Waals surface area contributed by atoms with Crippen molar-refractivity contribution in [3.8, 4) is 0 Å². The van der Waals surface area contributed by atoms with Gasteiger partial charge in [0, 0.05) is 5.41 Å². The molecule has 1 nitrogen and oxygen atoms in total. The van der Waals surface area contributed by atoms with Gasteiger partial charge in [-0.3, -0.25) is 0 Å². The lowest BCUT2D eigenvalue weighted by atomic mass is 9.80. The Labute approximate surface area is 118 Å². The van der Waals surface area contributed by atoms with E-state index in [1.165, 1.54) is 12.0 Å². The molecular formula is C18H28O. The summed E-state index contributed by atoms with van der Waals surface area (Å²) in [5.41, 5.74) is 2.11. The first-order valence-electron chi connectivity index (χ1n) is 7.34. The van der Waals surface area contributed by atoms with Gasteiger partial charge in [0.25, 0.3) is 0 Å². The van der Waals surface area contributed by atoms with Gasteiger partial charge in [-0.15, -0.1) is 0 Å². The standard InChI is InChI=1S/C18H28O/c1-13(2)11-17(14(3)4)15-7-9-16(10-8-15)18(5,6)12-19/h7-10,12-14,17H,11H2,1-6H3. The minimum atomic E-state index is -0.385. The Balaban J connectivity index is 2.99. The van der Waals surface area contributed by atoms with Crippen LogP contribution in [0, 0.1) is 11.8 Å².